The zero-order chi connectivity index (χ0) is 73.7. The number of ether oxygens (including phenoxy) is 3. The lowest BCUT2D eigenvalue weighted by Crippen LogP contribution is -2.30. The van der Waals surface area contributed by atoms with Crippen LogP contribution in [0.15, 0.2) is 122 Å². The van der Waals surface area contributed by atoms with Crippen LogP contribution in [0.4, 0.5) is 0 Å². The first-order chi connectivity index (χ1) is 49.2. The summed E-state index contributed by atoms with van der Waals surface area (Å²) in [5, 5.41) is 20.6. The number of hydrogen-bond donors (Lipinski definition) is 4. The predicted octanol–water partition coefficient (Wildman–Crippen LogP) is 23.3. The first-order valence-electron chi connectivity index (χ1n) is 39.8. The van der Waals surface area contributed by atoms with Gasteiger partial charge in [-0.05, 0) is 116 Å². The molecule has 0 aliphatic rings. The largest absolute Gasteiger partial charge is 0.472 e. The van der Waals surface area contributed by atoms with E-state index in [1.165, 1.54) is 128 Å². The first kappa shape index (κ1) is 97.0. The van der Waals surface area contributed by atoms with E-state index in [0.29, 0.717) is 19.3 Å². The van der Waals surface area contributed by atoms with E-state index < -0.39 is 91.5 Å². The number of phosphoric ester groups is 2. The Morgan fingerprint density at radius 3 is 0.851 bits per heavy atom. The molecule has 4 N–H and O–H groups in total. The van der Waals surface area contributed by atoms with Gasteiger partial charge in [0.05, 0.1) is 26.4 Å². The van der Waals surface area contributed by atoms with Crippen molar-refractivity contribution in [2.24, 2.45) is 0 Å². The van der Waals surface area contributed by atoms with E-state index in [9.17, 15) is 43.5 Å². The summed E-state index contributed by atoms with van der Waals surface area (Å²) in [7, 11) is -9.79. The van der Waals surface area contributed by atoms with Crippen LogP contribution in [0.5, 0.6) is 0 Å². The van der Waals surface area contributed by atoms with E-state index >= 15 is 0 Å². The molecular formula is C83H144O16P2. The minimum absolute atomic E-state index is 0.102. The van der Waals surface area contributed by atoms with Crippen LogP contribution < -0.4 is 0 Å². The molecule has 18 heteroatoms. The highest BCUT2D eigenvalue weighted by Crippen LogP contribution is 2.45. The van der Waals surface area contributed by atoms with Crippen LogP contribution in [0.1, 0.15) is 329 Å². The molecule has 0 radical (unpaired) electrons. The highest BCUT2D eigenvalue weighted by atomic mass is 31.2. The van der Waals surface area contributed by atoms with Gasteiger partial charge in [0.1, 0.15) is 25.4 Å². The lowest BCUT2D eigenvalue weighted by Gasteiger charge is -2.21. The topological polar surface area (TPSA) is 231 Å². The fourth-order valence-corrected chi connectivity index (χ4v) is 12.2. The summed E-state index contributed by atoms with van der Waals surface area (Å²) in [5.41, 5.74) is 0. The highest BCUT2D eigenvalue weighted by molar-refractivity contribution is 7.47. The Labute approximate surface area is 614 Å². The standard InChI is InChI=1S/C83H144O16P2/c1-4-7-10-13-16-19-22-25-27-29-31-33-34-35-36-37-38-39-40-41-42-44-46-47-49-52-54-57-60-63-66-69-81(86)93-72-78(84)73-95-100(89,90)96-74-79(85)75-97-101(91,92)98-77-80(99-83(88)71-68-65-62-59-56-51-24-21-18-15-12-9-6-3)76-94-82(87)70-67-64-61-58-55-53-50-48-45-43-32-30-28-26-23-20-17-14-11-8-5-2/h7,10,16-17,19-20,25-28,31-33,35-36,38-39,43,48,50,78-80,84-85H,4-6,8-9,11-15,18,21-24,29-30,34,37,40-42,44-47,49,51-77H2,1-3H3,(H,89,90)(H,91,92)/b10-7-,19-16-,20-17-,27-25-,28-26-,33-31-,36-35-,39-38-,43-32-,50-48-. The number of aliphatic hydroxyl groups is 2. The number of allylic oxidation sites excluding steroid dienone is 20. The van der Waals surface area contributed by atoms with Crippen LogP contribution in [-0.4, -0.2) is 95.9 Å². The van der Waals surface area contributed by atoms with Crippen molar-refractivity contribution in [2.75, 3.05) is 39.6 Å². The highest BCUT2D eigenvalue weighted by Gasteiger charge is 2.29. The quantitative estimate of drug-likeness (QED) is 0.0146. The van der Waals surface area contributed by atoms with Gasteiger partial charge < -0.3 is 34.2 Å². The number of esters is 3. The summed E-state index contributed by atoms with van der Waals surface area (Å²) in [6.07, 6.45) is 89.6. The molecule has 0 aromatic heterocycles. The molecule has 0 aromatic carbocycles. The predicted molar refractivity (Wildman–Crippen MR) is 417 cm³/mol. The second-order valence-electron chi connectivity index (χ2n) is 26.5. The summed E-state index contributed by atoms with van der Waals surface area (Å²) in [5.74, 6) is -1.59. The van der Waals surface area contributed by atoms with Crippen LogP contribution in [0.2, 0.25) is 0 Å². The molecule has 0 aliphatic carbocycles. The molecule has 0 saturated heterocycles. The van der Waals surface area contributed by atoms with E-state index in [4.69, 9.17) is 32.3 Å². The number of unbranched alkanes of at least 4 members (excludes halogenated alkanes) is 32. The van der Waals surface area contributed by atoms with Crippen molar-refractivity contribution in [1.29, 1.82) is 0 Å². The van der Waals surface area contributed by atoms with Gasteiger partial charge in [-0.15, -0.1) is 0 Å². The van der Waals surface area contributed by atoms with Gasteiger partial charge in [0.25, 0.3) is 0 Å². The number of hydrogen-bond acceptors (Lipinski definition) is 14. The molecule has 0 rings (SSSR count). The molecule has 0 aromatic rings. The lowest BCUT2D eigenvalue weighted by molar-refractivity contribution is -0.161. The van der Waals surface area contributed by atoms with Crippen molar-refractivity contribution >= 4 is 33.6 Å². The lowest BCUT2D eigenvalue weighted by atomic mass is 10.0. The van der Waals surface area contributed by atoms with Gasteiger partial charge in [0.15, 0.2) is 6.10 Å². The fourth-order valence-electron chi connectivity index (χ4n) is 10.6. The third-order valence-electron chi connectivity index (χ3n) is 16.7. The van der Waals surface area contributed by atoms with Gasteiger partial charge in [-0.2, -0.15) is 0 Å². The Morgan fingerprint density at radius 2 is 0.525 bits per heavy atom. The summed E-state index contributed by atoms with van der Waals surface area (Å²) in [4.78, 5) is 58.6. The molecule has 0 aliphatic heterocycles. The van der Waals surface area contributed by atoms with Crippen molar-refractivity contribution in [1.82, 2.24) is 0 Å². The second kappa shape index (κ2) is 75.6. The number of phosphoric acid groups is 2. The Balaban J connectivity index is 4.48. The van der Waals surface area contributed by atoms with E-state index in [2.05, 4.69) is 142 Å². The van der Waals surface area contributed by atoms with E-state index in [0.717, 1.165) is 141 Å². The number of carbonyl (C=O) groups excluding carboxylic acids is 3. The number of rotatable bonds is 75. The molecule has 5 atom stereocenters. The summed E-state index contributed by atoms with van der Waals surface area (Å²) < 4.78 is 61.1. The van der Waals surface area contributed by atoms with Crippen molar-refractivity contribution < 1.29 is 75.8 Å². The van der Waals surface area contributed by atoms with Crippen LogP contribution in [0.3, 0.4) is 0 Å². The van der Waals surface area contributed by atoms with Crippen molar-refractivity contribution in [2.45, 2.75) is 347 Å². The molecule has 0 heterocycles. The van der Waals surface area contributed by atoms with Gasteiger partial charge >= 0.3 is 33.6 Å². The molecule has 0 spiro atoms. The Bertz CT molecular complexity index is 2320. The second-order valence-corrected chi connectivity index (χ2v) is 29.4. The molecule has 0 saturated carbocycles. The monoisotopic (exact) mass is 1460 g/mol. The third-order valence-corrected chi connectivity index (χ3v) is 18.6. The average molecular weight is 1460 g/mol. The maximum Gasteiger partial charge on any atom is 0.472 e. The first-order valence-corrected chi connectivity index (χ1v) is 42.8. The molecule has 0 bridgehead atoms. The van der Waals surface area contributed by atoms with Crippen LogP contribution in [0.25, 0.3) is 0 Å². The van der Waals surface area contributed by atoms with Crippen molar-refractivity contribution in [3.8, 4) is 0 Å². The Morgan fingerprint density at radius 1 is 0.287 bits per heavy atom. The van der Waals surface area contributed by atoms with Crippen LogP contribution in [0, 0.1) is 0 Å². The molecule has 101 heavy (non-hydrogen) atoms. The zero-order valence-electron chi connectivity index (χ0n) is 63.5. The number of carbonyl (C=O) groups is 3. The zero-order valence-corrected chi connectivity index (χ0v) is 65.3. The summed E-state index contributed by atoms with van der Waals surface area (Å²) >= 11 is 0. The molecule has 16 nitrogen and oxygen atoms in total. The summed E-state index contributed by atoms with van der Waals surface area (Å²) in [6.45, 7) is 2.54. The normalized spacial score (nSPS) is 14.6. The average Bonchev–Trinajstić information content (AvgIpc) is 0.936. The van der Waals surface area contributed by atoms with Crippen LogP contribution >= 0.6 is 15.6 Å². The summed E-state index contributed by atoms with van der Waals surface area (Å²) in [6, 6.07) is 0. The van der Waals surface area contributed by atoms with Crippen molar-refractivity contribution in [3.05, 3.63) is 122 Å². The number of aliphatic hydroxyl groups excluding tert-OH is 2. The maximum atomic E-state index is 12.9. The smallest absolute Gasteiger partial charge is 0.463 e. The fraction of sp³-hybridized carbons (Fsp3) is 0.723. The Kier molecular flexibility index (Phi) is 72.6. The van der Waals surface area contributed by atoms with Gasteiger partial charge in [-0.25, -0.2) is 9.13 Å². The third kappa shape index (κ3) is 76.9. The minimum Gasteiger partial charge on any atom is -0.463 e. The van der Waals surface area contributed by atoms with Gasteiger partial charge in [0.2, 0.25) is 0 Å². The Hall–Kier alpha value is -4.05. The minimum atomic E-state index is -4.93. The van der Waals surface area contributed by atoms with E-state index in [1.807, 2.05) is 0 Å². The van der Waals surface area contributed by atoms with Gasteiger partial charge in [-0.1, -0.05) is 316 Å². The molecule has 582 valence electrons. The van der Waals surface area contributed by atoms with Crippen LogP contribution in [-0.2, 0) is 55.8 Å². The van der Waals surface area contributed by atoms with Gasteiger partial charge in [-0.3, -0.25) is 32.5 Å². The molecule has 0 amide bonds. The van der Waals surface area contributed by atoms with Gasteiger partial charge in [0, 0.05) is 19.3 Å². The molecule has 0 fully saturated rings. The maximum absolute atomic E-state index is 12.9. The van der Waals surface area contributed by atoms with Crippen molar-refractivity contribution in [3.63, 3.8) is 0 Å². The molecular weight excluding hydrogens is 1310 g/mol. The SMILES string of the molecule is CC/C=C\C/C=C\C/C=C\C/C=C\C/C=C\C/C=C\CCCCCCCCCCCCCCC(=O)OCC(O)COP(=O)(O)OCC(O)COP(=O)(O)OCC(COC(=O)CCCCCCC/C=C\C/C=C\C/C=C\C/C=C\CCCCC)OC(=O)CCCCCCCCCCCCCCC. The molecule has 5 unspecified atom stereocenters. The van der Waals surface area contributed by atoms with E-state index in [1.54, 1.807) is 0 Å². The van der Waals surface area contributed by atoms with E-state index in [-0.39, 0.29) is 19.3 Å².